The Balaban J connectivity index is 2.21. The third-order valence-electron chi connectivity index (χ3n) is 2.01. The third kappa shape index (κ3) is 1.37. The first-order valence-corrected chi connectivity index (χ1v) is 3.85. The van der Waals surface area contributed by atoms with Crippen LogP contribution in [0.1, 0.15) is 24.4 Å². The molecule has 1 fully saturated rings. The minimum absolute atomic E-state index is 0.571. The standard InChI is InChI=1S/C8H10O3/c1-5-7(4-6-2-3-6)11-8(9)10-5/h6H,2-4H2,1H3. The van der Waals surface area contributed by atoms with Gasteiger partial charge in [0.25, 0.3) is 0 Å². The van der Waals surface area contributed by atoms with Crippen LogP contribution in [0.25, 0.3) is 0 Å². The van der Waals surface area contributed by atoms with Crippen molar-refractivity contribution in [3.8, 4) is 0 Å². The zero-order valence-electron chi connectivity index (χ0n) is 6.42. The van der Waals surface area contributed by atoms with Gasteiger partial charge in [-0.3, -0.25) is 0 Å². The Morgan fingerprint density at radius 2 is 2.18 bits per heavy atom. The minimum atomic E-state index is -0.571. The molecule has 0 spiro atoms. The topological polar surface area (TPSA) is 43.4 Å². The van der Waals surface area contributed by atoms with Crippen LogP contribution in [-0.2, 0) is 6.42 Å². The van der Waals surface area contributed by atoms with Crippen molar-refractivity contribution in [1.29, 1.82) is 0 Å². The number of hydrogen-bond donors (Lipinski definition) is 0. The monoisotopic (exact) mass is 154 g/mol. The summed E-state index contributed by atoms with van der Waals surface area (Å²) in [6.45, 7) is 1.77. The second-order valence-electron chi connectivity index (χ2n) is 3.08. The van der Waals surface area contributed by atoms with Crippen LogP contribution in [0.2, 0.25) is 0 Å². The molecule has 1 heterocycles. The Morgan fingerprint density at radius 1 is 1.45 bits per heavy atom. The SMILES string of the molecule is Cc1oc(=O)oc1CC1CC1. The molecule has 1 aromatic heterocycles. The molecule has 0 atom stereocenters. The largest absolute Gasteiger partial charge is 0.519 e. The van der Waals surface area contributed by atoms with E-state index in [1.165, 1.54) is 12.8 Å². The average Bonchev–Trinajstić information content (AvgIpc) is 2.64. The van der Waals surface area contributed by atoms with E-state index >= 15 is 0 Å². The molecular weight excluding hydrogens is 144 g/mol. The van der Waals surface area contributed by atoms with Gasteiger partial charge in [0.15, 0.2) is 0 Å². The Morgan fingerprint density at radius 3 is 2.64 bits per heavy atom. The lowest BCUT2D eigenvalue weighted by Gasteiger charge is -1.89. The maximum absolute atomic E-state index is 10.6. The quantitative estimate of drug-likeness (QED) is 0.648. The van der Waals surface area contributed by atoms with E-state index in [1.54, 1.807) is 6.92 Å². The fraction of sp³-hybridized carbons (Fsp3) is 0.625. The fourth-order valence-electron chi connectivity index (χ4n) is 1.14. The van der Waals surface area contributed by atoms with Crippen molar-refractivity contribution >= 4 is 0 Å². The van der Waals surface area contributed by atoms with E-state index < -0.39 is 5.82 Å². The molecule has 0 saturated heterocycles. The molecule has 60 valence electrons. The van der Waals surface area contributed by atoms with Crippen LogP contribution in [-0.4, -0.2) is 0 Å². The van der Waals surface area contributed by atoms with Crippen molar-refractivity contribution in [2.75, 3.05) is 0 Å². The van der Waals surface area contributed by atoms with Gasteiger partial charge < -0.3 is 8.83 Å². The Hall–Kier alpha value is -0.990. The van der Waals surface area contributed by atoms with Crippen LogP contribution < -0.4 is 5.82 Å². The summed E-state index contributed by atoms with van der Waals surface area (Å²) in [4.78, 5) is 10.6. The van der Waals surface area contributed by atoms with Crippen molar-refractivity contribution in [3.05, 3.63) is 22.1 Å². The van der Waals surface area contributed by atoms with E-state index in [-0.39, 0.29) is 0 Å². The van der Waals surface area contributed by atoms with Gasteiger partial charge in [-0.15, -0.1) is 0 Å². The van der Waals surface area contributed by atoms with Crippen LogP contribution in [0.5, 0.6) is 0 Å². The van der Waals surface area contributed by atoms with Gasteiger partial charge in [0.2, 0.25) is 0 Å². The summed E-state index contributed by atoms with van der Waals surface area (Å²) in [7, 11) is 0. The molecule has 1 aliphatic rings. The molecule has 11 heavy (non-hydrogen) atoms. The Labute approximate surface area is 64.0 Å². The smallest absolute Gasteiger partial charge is 0.396 e. The van der Waals surface area contributed by atoms with E-state index in [1.807, 2.05) is 0 Å². The molecule has 2 rings (SSSR count). The van der Waals surface area contributed by atoms with Crippen LogP contribution in [0.4, 0.5) is 0 Å². The molecule has 0 aliphatic heterocycles. The van der Waals surface area contributed by atoms with Gasteiger partial charge in [0.1, 0.15) is 11.5 Å². The molecule has 0 unspecified atom stereocenters. The second-order valence-corrected chi connectivity index (χ2v) is 3.08. The Kier molecular flexibility index (Phi) is 1.37. The molecule has 1 aromatic rings. The molecule has 0 N–H and O–H groups in total. The van der Waals surface area contributed by atoms with E-state index in [0.29, 0.717) is 5.76 Å². The lowest BCUT2D eigenvalue weighted by molar-refractivity contribution is 0.367. The maximum Gasteiger partial charge on any atom is 0.519 e. The van der Waals surface area contributed by atoms with E-state index in [2.05, 4.69) is 0 Å². The van der Waals surface area contributed by atoms with Crippen LogP contribution in [0.3, 0.4) is 0 Å². The molecule has 1 aliphatic carbocycles. The lowest BCUT2D eigenvalue weighted by Crippen LogP contribution is -1.88. The van der Waals surface area contributed by atoms with Crippen molar-refractivity contribution in [3.63, 3.8) is 0 Å². The summed E-state index contributed by atoms with van der Waals surface area (Å²) in [5.41, 5.74) is 0. The van der Waals surface area contributed by atoms with Crippen molar-refractivity contribution in [2.45, 2.75) is 26.2 Å². The Bertz CT molecular complexity index is 303. The van der Waals surface area contributed by atoms with Gasteiger partial charge in [-0.25, -0.2) is 4.79 Å². The second kappa shape index (κ2) is 2.26. The highest BCUT2D eigenvalue weighted by molar-refractivity contribution is 5.03. The normalized spacial score (nSPS) is 17.2. The molecule has 0 radical (unpaired) electrons. The summed E-state index contributed by atoms with van der Waals surface area (Å²) in [5, 5.41) is 0. The van der Waals surface area contributed by atoms with E-state index in [4.69, 9.17) is 8.83 Å². The first-order valence-electron chi connectivity index (χ1n) is 3.85. The number of hydrogen-bond acceptors (Lipinski definition) is 3. The summed E-state index contributed by atoms with van der Waals surface area (Å²) in [6.07, 6.45) is 3.39. The minimum Gasteiger partial charge on any atom is -0.396 e. The zero-order chi connectivity index (χ0) is 7.84. The van der Waals surface area contributed by atoms with Crippen molar-refractivity contribution in [1.82, 2.24) is 0 Å². The number of rotatable bonds is 2. The molecule has 3 heteroatoms. The van der Waals surface area contributed by atoms with Gasteiger partial charge in [-0.05, 0) is 25.7 Å². The highest BCUT2D eigenvalue weighted by Gasteiger charge is 2.24. The predicted molar refractivity (Wildman–Crippen MR) is 38.4 cm³/mol. The zero-order valence-corrected chi connectivity index (χ0v) is 6.42. The van der Waals surface area contributed by atoms with Gasteiger partial charge in [-0.2, -0.15) is 0 Å². The highest BCUT2D eigenvalue weighted by Crippen LogP contribution is 2.32. The fourth-order valence-corrected chi connectivity index (χ4v) is 1.14. The van der Waals surface area contributed by atoms with E-state index in [0.717, 1.165) is 18.1 Å². The van der Waals surface area contributed by atoms with Crippen LogP contribution in [0, 0.1) is 12.8 Å². The average molecular weight is 154 g/mol. The molecular formula is C8H10O3. The molecule has 0 amide bonds. The van der Waals surface area contributed by atoms with Crippen LogP contribution >= 0.6 is 0 Å². The third-order valence-corrected chi connectivity index (χ3v) is 2.01. The van der Waals surface area contributed by atoms with Gasteiger partial charge >= 0.3 is 5.82 Å². The summed E-state index contributed by atoms with van der Waals surface area (Å²) in [6, 6.07) is 0. The molecule has 3 nitrogen and oxygen atoms in total. The molecule has 0 bridgehead atoms. The van der Waals surface area contributed by atoms with Crippen molar-refractivity contribution in [2.24, 2.45) is 5.92 Å². The predicted octanol–water partition coefficient (Wildman–Crippen LogP) is 1.49. The number of aryl methyl sites for hydroxylation is 1. The summed E-state index contributed by atoms with van der Waals surface area (Å²) < 4.78 is 9.56. The highest BCUT2D eigenvalue weighted by atomic mass is 16.6. The summed E-state index contributed by atoms with van der Waals surface area (Å²) in [5.74, 6) is 1.53. The first-order chi connectivity index (χ1) is 5.25. The van der Waals surface area contributed by atoms with Crippen molar-refractivity contribution < 1.29 is 8.83 Å². The molecule has 0 aromatic carbocycles. The van der Waals surface area contributed by atoms with Gasteiger partial charge in [0, 0.05) is 6.42 Å². The van der Waals surface area contributed by atoms with Gasteiger partial charge in [-0.1, -0.05) is 0 Å². The summed E-state index contributed by atoms with van der Waals surface area (Å²) >= 11 is 0. The molecule has 1 saturated carbocycles. The first kappa shape index (κ1) is 6.70. The van der Waals surface area contributed by atoms with Crippen LogP contribution in [0.15, 0.2) is 13.6 Å². The maximum atomic E-state index is 10.6. The van der Waals surface area contributed by atoms with E-state index in [9.17, 15) is 4.79 Å². The van der Waals surface area contributed by atoms with Gasteiger partial charge in [0.05, 0.1) is 0 Å². The lowest BCUT2D eigenvalue weighted by atomic mass is 10.2.